The normalized spacial score (nSPS) is 24.6. The van der Waals surface area contributed by atoms with Crippen molar-refractivity contribution in [2.75, 3.05) is 6.54 Å². The molecule has 2 fully saturated rings. The molecule has 6 nitrogen and oxygen atoms in total. The number of rotatable bonds is 4. The average molecular weight is 290 g/mol. The van der Waals surface area contributed by atoms with Gasteiger partial charge in [-0.15, -0.1) is 0 Å². The summed E-state index contributed by atoms with van der Waals surface area (Å²) in [5.74, 6) is 0.0954. The van der Waals surface area contributed by atoms with E-state index in [-0.39, 0.29) is 17.9 Å². The average Bonchev–Trinajstić information content (AvgIpc) is 3.15. The first-order valence-electron chi connectivity index (χ1n) is 7.77. The lowest BCUT2D eigenvalue weighted by atomic mass is 9.89. The molecule has 1 atom stereocenters. The van der Waals surface area contributed by atoms with Gasteiger partial charge in [-0.3, -0.25) is 14.3 Å². The standard InChI is InChI=1S/C15H22N4O2/c1-2-12-13(20)19(11-10-18-9-5-8-16-18)15(14(21)17-12)6-3-4-7-15/h5,8-9,12H,2-4,6-7,10-11H2,1H3,(H,17,21). The van der Waals surface area contributed by atoms with Gasteiger partial charge in [0.25, 0.3) is 0 Å². The van der Waals surface area contributed by atoms with Crippen LogP contribution in [0.5, 0.6) is 0 Å². The van der Waals surface area contributed by atoms with Crippen LogP contribution in [-0.2, 0) is 16.1 Å². The summed E-state index contributed by atoms with van der Waals surface area (Å²) in [7, 11) is 0. The van der Waals surface area contributed by atoms with Crippen molar-refractivity contribution >= 4 is 11.8 Å². The SMILES string of the molecule is CCC1NC(=O)C2(CCCC2)N(CCn2cccn2)C1=O. The third-order valence-electron chi connectivity index (χ3n) is 4.76. The quantitative estimate of drug-likeness (QED) is 0.897. The maximum Gasteiger partial charge on any atom is 0.246 e. The Hall–Kier alpha value is -1.85. The zero-order valence-electron chi connectivity index (χ0n) is 12.4. The molecule has 1 saturated heterocycles. The van der Waals surface area contributed by atoms with Crippen LogP contribution in [0.2, 0.25) is 0 Å². The molecule has 2 heterocycles. The molecule has 1 saturated carbocycles. The first kappa shape index (κ1) is 14.1. The second-order valence-corrected chi connectivity index (χ2v) is 5.93. The number of piperazine rings is 1. The van der Waals surface area contributed by atoms with E-state index in [0.29, 0.717) is 19.5 Å². The van der Waals surface area contributed by atoms with Crippen molar-refractivity contribution in [3.63, 3.8) is 0 Å². The van der Waals surface area contributed by atoms with Gasteiger partial charge in [0, 0.05) is 18.9 Å². The van der Waals surface area contributed by atoms with Crippen LogP contribution in [0.3, 0.4) is 0 Å². The van der Waals surface area contributed by atoms with Gasteiger partial charge < -0.3 is 10.2 Å². The number of carbonyl (C=O) groups excluding carboxylic acids is 2. The van der Waals surface area contributed by atoms with Gasteiger partial charge in [0.15, 0.2) is 0 Å². The molecule has 3 rings (SSSR count). The molecule has 1 spiro atoms. The van der Waals surface area contributed by atoms with E-state index in [1.165, 1.54) is 0 Å². The highest BCUT2D eigenvalue weighted by Gasteiger charge is 2.53. The number of hydrogen-bond donors (Lipinski definition) is 1. The molecule has 0 aromatic carbocycles. The summed E-state index contributed by atoms with van der Waals surface area (Å²) in [6, 6.07) is 1.49. The maximum absolute atomic E-state index is 12.7. The fraction of sp³-hybridized carbons (Fsp3) is 0.667. The largest absolute Gasteiger partial charge is 0.342 e. The van der Waals surface area contributed by atoms with Crippen molar-refractivity contribution in [3.05, 3.63) is 18.5 Å². The molecule has 114 valence electrons. The van der Waals surface area contributed by atoms with E-state index in [2.05, 4.69) is 10.4 Å². The Morgan fingerprint density at radius 3 is 2.71 bits per heavy atom. The van der Waals surface area contributed by atoms with Crippen molar-refractivity contribution in [3.8, 4) is 0 Å². The maximum atomic E-state index is 12.7. The number of aromatic nitrogens is 2. The zero-order valence-corrected chi connectivity index (χ0v) is 12.4. The van der Waals surface area contributed by atoms with Crippen LogP contribution in [0.4, 0.5) is 0 Å². The van der Waals surface area contributed by atoms with Gasteiger partial charge in [0.1, 0.15) is 11.6 Å². The van der Waals surface area contributed by atoms with E-state index in [9.17, 15) is 9.59 Å². The topological polar surface area (TPSA) is 67.2 Å². The lowest BCUT2D eigenvalue weighted by Gasteiger charge is -2.46. The molecule has 0 radical (unpaired) electrons. The fourth-order valence-electron chi connectivity index (χ4n) is 3.57. The smallest absolute Gasteiger partial charge is 0.246 e. The van der Waals surface area contributed by atoms with Crippen molar-refractivity contribution in [1.82, 2.24) is 20.0 Å². The number of nitrogens with one attached hydrogen (secondary N) is 1. The predicted molar refractivity (Wildman–Crippen MR) is 77.4 cm³/mol. The van der Waals surface area contributed by atoms with Crippen LogP contribution in [0.1, 0.15) is 39.0 Å². The van der Waals surface area contributed by atoms with Crippen molar-refractivity contribution in [2.24, 2.45) is 0 Å². The van der Waals surface area contributed by atoms with Gasteiger partial charge >= 0.3 is 0 Å². The van der Waals surface area contributed by atoms with E-state index >= 15 is 0 Å². The lowest BCUT2D eigenvalue weighted by Crippen LogP contribution is -2.69. The Balaban J connectivity index is 1.83. The number of nitrogens with zero attached hydrogens (tertiary/aromatic N) is 3. The van der Waals surface area contributed by atoms with Crippen LogP contribution in [0.25, 0.3) is 0 Å². The first-order chi connectivity index (χ1) is 10.2. The minimum Gasteiger partial charge on any atom is -0.342 e. The lowest BCUT2D eigenvalue weighted by molar-refractivity contribution is -0.157. The second kappa shape index (κ2) is 5.50. The van der Waals surface area contributed by atoms with Crippen molar-refractivity contribution in [2.45, 2.75) is 57.2 Å². The van der Waals surface area contributed by atoms with E-state index in [4.69, 9.17) is 0 Å². The fourth-order valence-corrected chi connectivity index (χ4v) is 3.57. The van der Waals surface area contributed by atoms with E-state index in [1.807, 2.05) is 28.8 Å². The molecule has 21 heavy (non-hydrogen) atoms. The Morgan fingerprint density at radius 1 is 1.33 bits per heavy atom. The summed E-state index contributed by atoms with van der Waals surface area (Å²) in [5, 5.41) is 7.10. The summed E-state index contributed by atoms with van der Waals surface area (Å²) < 4.78 is 1.81. The van der Waals surface area contributed by atoms with E-state index in [0.717, 1.165) is 25.7 Å². The Morgan fingerprint density at radius 2 is 2.10 bits per heavy atom. The molecule has 0 bridgehead atoms. The first-order valence-corrected chi connectivity index (χ1v) is 7.77. The summed E-state index contributed by atoms with van der Waals surface area (Å²) in [4.78, 5) is 27.1. The summed E-state index contributed by atoms with van der Waals surface area (Å²) in [6.45, 7) is 3.11. The van der Waals surface area contributed by atoms with Crippen molar-refractivity contribution in [1.29, 1.82) is 0 Å². The molecule has 1 aliphatic heterocycles. The zero-order chi connectivity index (χ0) is 14.9. The van der Waals surface area contributed by atoms with Gasteiger partial charge in [-0.1, -0.05) is 19.8 Å². The van der Waals surface area contributed by atoms with Crippen LogP contribution in [0.15, 0.2) is 18.5 Å². The highest BCUT2D eigenvalue weighted by atomic mass is 16.2. The molecule has 2 aliphatic rings. The van der Waals surface area contributed by atoms with Crippen molar-refractivity contribution < 1.29 is 9.59 Å². The molecule has 1 aromatic heterocycles. The number of amides is 2. The third kappa shape index (κ3) is 2.32. The summed E-state index contributed by atoms with van der Waals surface area (Å²) >= 11 is 0. The number of hydrogen-bond acceptors (Lipinski definition) is 3. The van der Waals surface area contributed by atoms with E-state index < -0.39 is 5.54 Å². The minimum absolute atomic E-state index is 0.0342. The molecule has 6 heteroatoms. The third-order valence-corrected chi connectivity index (χ3v) is 4.76. The Kier molecular flexibility index (Phi) is 3.69. The monoisotopic (exact) mass is 290 g/mol. The molecule has 1 unspecified atom stereocenters. The van der Waals surface area contributed by atoms with Crippen LogP contribution >= 0.6 is 0 Å². The van der Waals surface area contributed by atoms with Crippen LogP contribution in [0, 0.1) is 0 Å². The Bertz CT molecular complexity index is 520. The highest BCUT2D eigenvalue weighted by molar-refractivity contribution is 6.00. The van der Waals surface area contributed by atoms with Gasteiger partial charge in [-0.2, -0.15) is 5.10 Å². The predicted octanol–water partition coefficient (Wildman–Crippen LogP) is 0.933. The summed E-state index contributed by atoms with van der Waals surface area (Å²) in [5.41, 5.74) is -0.615. The molecule has 1 aromatic rings. The molecule has 1 aliphatic carbocycles. The molecule has 2 amide bonds. The number of carbonyl (C=O) groups is 2. The highest BCUT2D eigenvalue weighted by Crippen LogP contribution is 2.38. The molecular formula is C15H22N4O2. The Labute approximate surface area is 124 Å². The molecule has 1 N–H and O–H groups in total. The van der Waals surface area contributed by atoms with Gasteiger partial charge in [0.2, 0.25) is 11.8 Å². The second-order valence-electron chi connectivity index (χ2n) is 5.93. The summed E-state index contributed by atoms with van der Waals surface area (Å²) in [6.07, 6.45) is 7.82. The molecular weight excluding hydrogens is 268 g/mol. The van der Waals surface area contributed by atoms with Gasteiger partial charge in [-0.05, 0) is 25.3 Å². The van der Waals surface area contributed by atoms with E-state index in [1.54, 1.807) is 6.20 Å². The van der Waals surface area contributed by atoms with Gasteiger partial charge in [0.05, 0.1) is 6.54 Å². The van der Waals surface area contributed by atoms with Gasteiger partial charge in [-0.25, -0.2) is 0 Å². The minimum atomic E-state index is -0.615. The van der Waals surface area contributed by atoms with Crippen LogP contribution in [-0.4, -0.2) is 44.6 Å². The van der Waals surface area contributed by atoms with Crippen LogP contribution < -0.4 is 5.32 Å².